The zero-order valence-electron chi connectivity index (χ0n) is 9.39. The Balaban J connectivity index is 3.20. The van der Waals surface area contributed by atoms with Crippen molar-refractivity contribution in [1.82, 2.24) is 4.90 Å². The molecule has 0 bridgehead atoms. The van der Waals surface area contributed by atoms with Crippen LogP contribution in [0, 0.1) is 21.7 Å². The number of amides is 1. The first-order chi connectivity index (χ1) is 8.38. The highest BCUT2D eigenvalue weighted by molar-refractivity contribution is 5.95. The van der Waals surface area contributed by atoms with E-state index in [0.29, 0.717) is 6.07 Å². The minimum Gasteiger partial charge on any atom is -0.395 e. The van der Waals surface area contributed by atoms with Crippen molar-refractivity contribution in [3.05, 3.63) is 39.4 Å². The molecular formula is C10H10F2N2O4. The second-order valence-corrected chi connectivity index (χ2v) is 3.49. The van der Waals surface area contributed by atoms with Gasteiger partial charge in [0, 0.05) is 25.7 Å². The lowest BCUT2D eigenvalue weighted by Crippen LogP contribution is -2.30. The second-order valence-electron chi connectivity index (χ2n) is 3.49. The summed E-state index contributed by atoms with van der Waals surface area (Å²) in [6, 6.07) is 0.832. The number of carbonyl (C=O) groups is 1. The summed E-state index contributed by atoms with van der Waals surface area (Å²) in [5.74, 6) is -3.41. The molecule has 98 valence electrons. The van der Waals surface area contributed by atoms with E-state index in [1.807, 2.05) is 0 Å². The summed E-state index contributed by atoms with van der Waals surface area (Å²) in [4.78, 5) is 22.1. The minimum atomic E-state index is -1.35. The van der Waals surface area contributed by atoms with Gasteiger partial charge in [0.2, 0.25) is 5.82 Å². The van der Waals surface area contributed by atoms with E-state index in [0.717, 1.165) is 4.90 Å². The van der Waals surface area contributed by atoms with Crippen LogP contribution < -0.4 is 0 Å². The van der Waals surface area contributed by atoms with Crippen molar-refractivity contribution in [2.45, 2.75) is 0 Å². The lowest BCUT2D eigenvalue weighted by atomic mass is 10.1. The summed E-state index contributed by atoms with van der Waals surface area (Å²) in [5, 5.41) is 19.1. The van der Waals surface area contributed by atoms with Gasteiger partial charge in [-0.15, -0.1) is 0 Å². The zero-order chi connectivity index (χ0) is 13.9. The van der Waals surface area contributed by atoms with E-state index in [9.17, 15) is 23.7 Å². The molecule has 0 radical (unpaired) electrons. The highest BCUT2D eigenvalue weighted by Crippen LogP contribution is 2.22. The second kappa shape index (κ2) is 5.50. The van der Waals surface area contributed by atoms with Crippen LogP contribution in [0.3, 0.4) is 0 Å². The number of nitro groups is 1. The lowest BCUT2D eigenvalue weighted by Gasteiger charge is -2.15. The van der Waals surface area contributed by atoms with Crippen molar-refractivity contribution in [3.8, 4) is 0 Å². The summed E-state index contributed by atoms with van der Waals surface area (Å²) >= 11 is 0. The maximum absolute atomic E-state index is 13.4. The van der Waals surface area contributed by atoms with Crippen LogP contribution in [0.4, 0.5) is 14.5 Å². The van der Waals surface area contributed by atoms with Crippen molar-refractivity contribution in [2.24, 2.45) is 0 Å². The molecule has 0 aromatic heterocycles. The smallest absolute Gasteiger partial charge is 0.305 e. The largest absolute Gasteiger partial charge is 0.395 e. The van der Waals surface area contributed by atoms with E-state index in [1.54, 1.807) is 0 Å². The summed E-state index contributed by atoms with van der Waals surface area (Å²) in [6.07, 6.45) is 0. The number of hydrogen-bond acceptors (Lipinski definition) is 4. The van der Waals surface area contributed by atoms with Gasteiger partial charge in [-0.25, -0.2) is 4.39 Å². The van der Waals surface area contributed by atoms with Gasteiger partial charge in [-0.05, 0) is 0 Å². The number of aliphatic hydroxyl groups is 1. The molecule has 6 nitrogen and oxygen atoms in total. The molecule has 0 heterocycles. The van der Waals surface area contributed by atoms with Crippen molar-refractivity contribution in [3.63, 3.8) is 0 Å². The van der Waals surface area contributed by atoms with Gasteiger partial charge in [0.15, 0.2) is 0 Å². The molecule has 0 aliphatic rings. The molecule has 0 aliphatic heterocycles. The van der Waals surface area contributed by atoms with E-state index in [-0.39, 0.29) is 19.2 Å². The number of carbonyl (C=O) groups excluding carboxylic acids is 1. The number of likely N-dealkylation sites (N-methyl/N-ethyl adjacent to an activating group) is 1. The maximum Gasteiger partial charge on any atom is 0.305 e. The molecule has 0 unspecified atom stereocenters. The molecule has 0 aliphatic carbocycles. The third-order valence-corrected chi connectivity index (χ3v) is 2.25. The Morgan fingerprint density at radius 3 is 2.56 bits per heavy atom. The molecule has 1 aromatic rings. The van der Waals surface area contributed by atoms with Crippen LogP contribution >= 0.6 is 0 Å². The van der Waals surface area contributed by atoms with Crippen LogP contribution in [0.1, 0.15) is 10.4 Å². The molecule has 8 heteroatoms. The van der Waals surface area contributed by atoms with E-state index in [2.05, 4.69) is 0 Å². The van der Waals surface area contributed by atoms with Crippen molar-refractivity contribution < 1.29 is 23.6 Å². The van der Waals surface area contributed by atoms with Gasteiger partial charge >= 0.3 is 5.69 Å². The number of hydrogen-bond donors (Lipinski definition) is 1. The fraction of sp³-hybridized carbons (Fsp3) is 0.300. The number of nitrogens with zero attached hydrogens (tertiary/aromatic N) is 2. The van der Waals surface area contributed by atoms with Crippen LogP contribution in [0.5, 0.6) is 0 Å². The first-order valence-electron chi connectivity index (χ1n) is 4.88. The van der Waals surface area contributed by atoms with Crippen LogP contribution in [-0.2, 0) is 0 Å². The van der Waals surface area contributed by atoms with E-state index < -0.39 is 33.7 Å². The third-order valence-electron chi connectivity index (χ3n) is 2.25. The quantitative estimate of drug-likeness (QED) is 0.645. The number of rotatable bonds is 4. The Morgan fingerprint density at radius 2 is 2.06 bits per heavy atom. The predicted molar refractivity (Wildman–Crippen MR) is 57.1 cm³/mol. The van der Waals surface area contributed by atoms with Gasteiger partial charge < -0.3 is 10.0 Å². The molecule has 18 heavy (non-hydrogen) atoms. The molecule has 1 N–H and O–H groups in total. The topological polar surface area (TPSA) is 83.7 Å². The monoisotopic (exact) mass is 260 g/mol. The summed E-state index contributed by atoms with van der Waals surface area (Å²) < 4.78 is 26.4. The Labute approximate surface area is 101 Å². The Bertz CT molecular complexity index is 493. The van der Waals surface area contributed by atoms with Crippen LogP contribution in [0.25, 0.3) is 0 Å². The van der Waals surface area contributed by atoms with E-state index in [4.69, 9.17) is 5.11 Å². The van der Waals surface area contributed by atoms with Crippen LogP contribution in [-0.4, -0.2) is 41.0 Å². The minimum absolute atomic E-state index is 0.0660. The molecule has 0 fully saturated rings. The fourth-order valence-corrected chi connectivity index (χ4v) is 1.30. The molecule has 1 rings (SSSR count). The lowest BCUT2D eigenvalue weighted by molar-refractivity contribution is -0.387. The van der Waals surface area contributed by atoms with Gasteiger partial charge in [-0.3, -0.25) is 14.9 Å². The summed E-state index contributed by atoms with van der Waals surface area (Å²) in [7, 11) is 1.28. The van der Waals surface area contributed by atoms with Crippen LogP contribution in [0.2, 0.25) is 0 Å². The molecule has 1 amide bonds. The first kappa shape index (κ1) is 14.0. The molecular weight excluding hydrogens is 250 g/mol. The Morgan fingerprint density at radius 1 is 1.44 bits per heavy atom. The summed E-state index contributed by atoms with van der Waals surface area (Å²) in [6.45, 7) is -0.406. The van der Waals surface area contributed by atoms with Gasteiger partial charge in [0.25, 0.3) is 5.91 Å². The average molecular weight is 260 g/mol. The molecule has 0 saturated heterocycles. The zero-order valence-corrected chi connectivity index (χ0v) is 9.39. The fourth-order valence-electron chi connectivity index (χ4n) is 1.30. The van der Waals surface area contributed by atoms with Crippen molar-refractivity contribution in [2.75, 3.05) is 20.2 Å². The van der Waals surface area contributed by atoms with Gasteiger partial charge in [0.05, 0.1) is 17.1 Å². The molecule has 1 aromatic carbocycles. The molecule has 0 atom stereocenters. The Hall–Kier alpha value is -2.09. The highest BCUT2D eigenvalue weighted by Gasteiger charge is 2.23. The first-order valence-corrected chi connectivity index (χ1v) is 4.88. The van der Waals surface area contributed by atoms with Gasteiger partial charge in [0.1, 0.15) is 5.82 Å². The number of benzene rings is 1. The highest BCUT2D eigenvalue weighted by atomic mass is 19.1. The molecule has 0 saturated carbocycles. The van der Waals surface area contributed by atoms with Gasteiger partial charge in [-0.1, -0.05) is 0 Å². The molecule has 0 spiro atoms. The third kappa shape index (κ3) is 2.77. The number of aliphatic hydroxyl groups excluding tert-OH is 1. The van der Waals surface area contributed by atoms with Crippen LogP contribution in [0.15, 0.2) is 12.1 Å². The Kier molecular flexibility index (Phi) is 4.27. The maximum atomic E-state index is 13.4. The standard InChI is InChI=1S/C10H10F2N2O4/c1-13(2-3-15)10(16)6-4-9(14(17)18)8(12)5-7(6)11/h4-5,15H,2-3H2,1H3. The summed E-state index contributed by atoms with van der Waals surface area (Å²) in [5.41, 5.74) is -1.59. The van der Waals surface area contributed by atoms with E-state index >= 15 is 0 Å². The van der Waals surface area contributed by atoms with Crippen molar-refractivity contribution >= 4 is 11.6 Å². The number of halogens is 2. The normalized spacial score (nSPS) is 10.2. The van der Waals surface area contributed by atoms with Gasteiger partial charge in [-0.2, -0.15) is 4.39 Å². The van der Waals surface area contributed by atoms with E-state index in [1.165, 1.54) is 7.05 Å². The van der Waals surface area contributed by atoms with Crippen molar-refractivity contribution in [1.29, 1.82) is 0 Å². The number of nitro benzene ring substituents is 1. The SMILES string of the molecule is CN(CCO)C(=O)c1cc([N+](=O)[O-])c(F)cc1F. The predicted octanol–water partition coefficient (Wildman–Crippen LogP) is 0.937. The average Bonchev–Trinajstić information content (AvgIpc) is 2.28.